The second-order valence-corrected chi connectivity index (χ2v) is 8.36. The average molecular weight is 341 g/mol. The Balaban J connectivity index is 0.00000484. The summed E-state index contributed by atoms with van der Waals surface area (Å²) >= 11 is 0. The van der Waals surface area contributed by atoms with Crippen LogP contribution in [0.5, 0.6) is 0 Å². The summed E-state index contributed by atoms with van der Waals surface area (Å²) in [4.78, 5) is 14.5. The number of carbonyl (C=O) groups excluding carboxylic acids is 1. The molecule has 4 heteroatoms. The van der Waals surface area contributed by atoms with Crippen molar-refractivity contribution in [3.63, 3.8) is 0 Å². The van der Waals surface area contributed by atoms with Crippen LogP contribution in [0.3, 0.4) is 0 Å². The van der Waals surface area contributed by atoms with E-state index in [0.29, 0.717) is 6.54 Å². The molecule has 23 heavy (non-hydrogen) atoms. The highest BCUT2D eigenvalue weighted by Gasteiger charge is 2.22. The molecule has 0 aromatic heterocycles. The van der Waals surface area contributed by atoms with Crippen LogP contribution in [-0.4, -0.2) is 38.0 Å². The summed E-state index contributed by atoms with van der Waals surface area (Å²) in [5.41, 5.74) is 3.23. The van der Waals surface area contributed by atoms with E-state index in [0.717, 1.165) is 12.1 Å². The number of nitrogens with zero attached hydrogens (tertiary/aromatic N) is 1. The molecule has 0 saturated heterocycles. The van der Waals surface area contributed by atoms with Crippen LogP contribution in [0, 0.1) is 0 Å². The Hall–Kier alpha value is -1.06. The van der Waals surface area contributed by atoms with Gasteiger partial charge in [-0.15, -0.1) is 12.4 Å². The van der Waals surface area contributed by atoms with Crippen molar-refractivity contribution in [2.24, 2.45) is 0 Å². The molecule has 0 aliphatic rings. The zero-order valence-corrected chi connectivity index (χ0v) is 16.7. The van der Waals surface area contributed by atoms with Gasteiger partial charge in [0.2, 0.25) is 0 Å². The van der Waals surface area contributed by atoms with Crippen molar-refractivity contribution in [2.75, 3.05) is 27.2 Å². The smallest absolute Gasteiger partial charge is 0.251 e. The number of halogens is 1. The van der Waals surface area contributed by atoms with Crippen LogP contribution in [0.4, 0.5) is 0 Å². The van der Waals surface area contributed by atoms with Crippen LogP contribution in [0.25, 0.3) is 0 Å². The van der Waals surface area contributed by atoms with Gasteiger partial charge in [0, 0.05) is 18.7 Å². The molecule has 0 aliphatic carbocycles. The Labute approximate surface area is 148 Å². The molecule has 0 saturated carbocycles. The van der Waals surface area contributed by atoms with Crippen molar-refractivity contribution in [2.45, 2.75) is 52.4 Å². The minimum Gasteiger partial charge on any atom is -0.351 e. The first-order valence-corrected chi connectivity index (χ1v) is 8.00. The molecule has 1 N–H and O–H groups in total. The lowest BCUT2D eigenvalue weighted by molar-refractivity contribution is 0.0951. The molecule has 0 aliphatic heterocycles. The highest BCUT2D eigenvalue weighted by Crippen LogP contribution is 2.30. The average Bonchev–Trinajstić information content (AvgIpc) is 2.35. The lowest BCUT2D eigenvalue weighted by Crippen LogP contribution is -2.31. The van der Waals surface area contributed by atoms with Crippen molar-refractivity contribution >= 4 is 18.3 Å². The van der Waals surface area contributed by atoms with Crippen molar-refractivity contribution < 1.29 is 4.79 Å². The van der Waals surface area contributed by atoms with Crippen molar-refractivity contribution in [1.29, 1.82) is 0 Å². The van der Waals surface area contributed by atoms with Gasteiger partial charge in [-0.3, -0.25) is 4.79 Å². The van der Waals surface area contributed by atoms with E-state index in [1.807, 2.05) is 26.2 Å². The maximum Gasteiger partial charge on any atom is 0.251 e. The number of hydrogen-bond donors (Lipinski definition) is 1. The number of nitrogens with one attached hydrogen (secondary N) is 1. The minimum absolute atomic E-state index is 0. The first-order valence-electron chi connectivity index (χ1n) is 8.00. The van der Waals surface area contributed by atoms with E-state index in [-0.39, 0.29) is 29.1 Å². The first-order chi connectivity index (χ1) is 9.91. The van der Waals surface area contributed by atoms with Gasteiger partial charge in [-0.25, -0.2) is 0 Å². The Kier molecular flexibility index (Phi) is 7.79. The predicted molar refractivity (Wildman–Crippen MR) is 102 cm³/mol. The molecule has 0 atom stereocenters. The summed E-state index contributed by atoms with van der Waals surface area (Å²) in [7, 11) is 4.01. The Morgan fingerprint density at radius 3 is 1.74 bits per heavy atom. The van der Waals surface area contributed by atoms with Crippen LogP contribution in [0.15, 0.2) is 18.2 Å². The van der Waals surface area contributed by atoms with Crippen LogP contribution >= 0.6 is 12.4 Å². The van der Waals surface area contributed by atoms with Gasteiger partial charge in [-0.05, 0) is 48.2 Å². The molecular formula is C19H33ClN2O. The summed E-state index contributed by atoms with van der Waals surface area (Å²) in [5, 5.41) is 3.01. The van der Waals surface area contributed by atoms with Crippen LogP contribution in [0.1, 0.15) is 63.0 Å². The van der Waals surface area contributed by atoms with E-state index in [1.165, 1.54) is 11.1 Å². The zero-order chi connectivity index (χ0) is 17.1. The zero-order valence-electron chi connectivity index (χ0n) is 15.9. The minimum atomic E-state index is 0. The maximum absolute atomic E-state index is 12.5. The molecular weight excluding hydrogens is 308 g/mol. The first kappa shape index (κ1) is 21.9. The van der Waals surface area contributed by atoms with Crippen LogP contribution in [0.2, 0.25) is 0 Å². The van der Waals surface area contributed by atoms with E-state index in [2.05, 4.69) is 57.8 Å². The number of carbonyl (C=O) groups is 1. The lowest BCUT2D eigenvalue weighted by Gasteiger charge is -2.26. The van der Waals surface area contributed by atoms with Crippen molar-refractivity contribution in [3.8, 4) is 0 Å². The monoisotopic (exact) mass is 340 g/mol. The topological polar surface area (TPSA) is 32.3 Å². The van der Waals surface area contributed by atoms with E-state index >= 15 is 0 Å². The molecule has 0 fully saturated rings. The highest BCUT2D eigenvalue weighted by molar-refractivity contribution is 5.94. The molecule has 132 valence electrons. The van der Waals surface area contributed by atoms with E-state index < -0.39 is 0 Å². The summed E-state index contributed by atoms with van der Waals surface area (Å²) in [6.45, 7) is 14.6. The number of benzene rings is 1. The summed E-state index contributed by atoms with van der Waals surface area (Å²) in [5.74, 6) is 0.0125. The number of rotatable bonds is 4. The summed E-state index contributed by atoms with van der Waals surface area (Å²) in [6.07, 6.45) is 0. The van der Waals surface area contributed by atoms with E-state index in [1.54, 1.807) is 0 Å². The second kappa shape index (κ2) is 8.16. The van der Waals surface area contributed by atoms with Gasteiger partial charge in [-0.2, -0.15) is 0 Å². The Morgan fingerprint density at radius 1 is 0.957 bits per heavy atom. The third-order valence-corrected chi connectivity index (χ3v) is 3.77. The van der Waals surface area contributed by atoms with Crippen LogP contribution in [-0.2, 0) is 10.8 Å². The molecule has 0 unspecified atom stereocenters. The van der Waals surface area contributed by atoms with Gasteiger partial charge in [-0.1, -0.05) is 47.6 Å². The van der Waals surface area contributed by atoms with E-state index in [4.69, 9.17) is 0 Å². The van der Waals surface area contributed by atoms with Gasteiger partial charge in [0.05, 0.1) is 0 Å². The third-order valence-electron chi connectivity index (χ3n) is 3.77. The van der Waals surface area contributed by atoms with Gasteiger partial charge >= 0.3 is 0 Å². The highest BCUT2D eigenvalue weighted by atomic mass is 35.5. The third kappa shape index (κ3) is 6.92. The fraction of sp³-hybridized carbons (Fsp3) is 0.632. The fourth-order valence-electron chi connectivity index (χ4n) is 2.12. The number of amides is 1. The normalized spacial score (nSPS) is 12.0. The van der Waals surface area contributed by atoms with Gasteiger partial charge < -0.3 is 10.2 Å². The predicted octanol–water partition coefficient (Wildman–Crippen LogP) is 3.99. The standard InChI is InChI=1S/C19H32N2O.ClH/c1-18(2,3)15-11-14(12-16(13-15)19(4,5)6)17(22)20-9-10-21(7)8;/h11-13H,9-10H2,1-8H3,(H,20,22);1H. The molecule has 0 spiro atoms. The quantitative estimate of drug-likeness (QED) is 0.898. The summed E-state index contributed by atoms with van der Waals surface area (Å²) < 4.78 is 0. The lowest BCUT2D eigenvalue weighted by atomic mass is 9.79. The second-order valence-electron chi connectivity index (χ2n) is 8.36. The Bertz CT molecular complexity index is 493. The number of hydrogen-bond acceptors (Lipinski definition) is 2. The molecule has 1 aromatic rings. The van der Waals surface area contributed by atoms with Gasteiger partial charge in [0.25, 0.3) is 5.91 Å². The maximum atomic E-state index is 12.5. The molecule has 3 nitrogen and oxygen atoms in total. The van der Waals surface area contributed by atoms with Gasteiger partial charge in [0.1, 0.15) is 0 Å². The van der Waals surface area contributed by atoms with Crippen molar-refractivity contribution in [3.05, 3.63) is 34.9 Å². The molecule has 1 amide bonds. The SMILES string of the molecule is CN(C)CCNC(=O)c1cc(C(C)(C)C)cc(C(C)(C)C)c1.Cl. The molecule has 0 radical (unpaired) electrons. The molecule has 0 bridgehead atoms. The molecule has 0 heterocycles. The van der Waals surface area contributed by atoms with Gasteiger partial charge in [0.15, 0.2) is 0 Å². The molecule has 1 rings (SSSR count). The van der Waals surface area contributed by atoms with Crippen molar-refractivity contribution in [1.82, 2.24) is 10.2 Å². The van der Waals surface area contributed by atoms with E-state index in [9.17, 15) is 4.79 Å². The number of likely N-dealkylation sites (N-methyl/N-ethyl adjacent to an activating group) is 1. The summed E-state index contributed by atoms with van der Waals surface area (Å²) in [6, 6.07) is 6.29. The molecule has 1 aromatic carbocycles. The largest absolute Gasteiger partial charge is 0.351 e. The van der Waals surface area contributed by atoms with Crippen LogP contribution < -0.4 is 5.32 Å². The fourth-order valence-corrected chi connectivity index (χ4v) is 2.12. The Morgan fingerprint density at radius 2 is 1.39 bits per heavy atom.